The van der Waals surface area contributed by atoms with Gasteiger partial charge in [0.15, 0.2) is 0 Å². The van der Waals surface area contributed by atoms with Gasteiger partial charge >= 0.3 is 5.97 Å². The van der Waals surface area contributed by atoms with Crippen molar-refractivity contribution in [1.29, 1.82) is 0 Å². The minimum atomic E-state index is -0.781. The third-order valence-corrected chi connectivity index (χ3v) is 4.66. The molecule has 0 heterocycles. The van der Waals surface area contributed by atoms with Gasteiger partial charge in [0, 0.05) is 12.3 Å². The zero-order valence-corrected chi connectivity index (χ0v) is 9.30. The summed E-state index contributed by atoms with van der Waals surface area (Å²) >= 11 is 0. The molecule has 0 saturated heterocycles. The lowest BCUT2D eigenvalue weighted by molar-refractivity contribution is -0.152. The van der Waals surface area contributed by atoms with Gasteiger partial charge in [0.05, 0.1) is 5.92 Å². The second-order valence-corrected chi connectivity index (χ2v) is 5.31. The zero-order chi connectivity index (χ0) is 11.4. The molecule has 2 fully saturated rings. The van der Waals surface area contributed by atoms with Gasteiger partial charge in [0.2, 0.25) is 0 Å². The predicted molar refractivity (Wildman–Crippen MR) is 57.6 cm³/mol. The van der Waals surface area contributed by atoms with E-state index in [1.807, 2.05) is 6.92 Å². The molecule has 0 aliphatic heterocycles. The van der Waals surface area contributed by atoms with Crippen molar-refractivity contribution in [3.8, 4) is 0 Å². The van der Waals surface area contributed by atoms with E-state index in [-0.39, 0.29) is 23.5 Å². The number of aliphatic carboxylic acids is 1. The Bertz CT molecular complexity index is 385. The van der Waals surface area contributed by atoms with Crippen molar-refractivity contribution in [1.82, 2.24) is 0 Å². The molecular formula is C13H16O3. The average molecular weight is 220 g/mol. The summed E-state index contributed by atoms with van der Waals surface area (Å²) in [6, 6.07) is 0. The maximum atomic E-state index is 11.9. The van der Waals surface area contributed by atoms with Gasteiger partial charge < -0.3 is 5.11 Å². The van der Waals surface area contributed by atoms with E-state index in [0.717, 1.165) is 6.42 Å². The van der Waals surface area contributed by atoms with E-state index >= 15 is 0 Å². The third-order valence-electron chi connectivity index (χ3n) is 4.66. The van der Waals surface area contributed by atoms with Gasteiger partial charge in [-0.05, 0) is 30.1 Å². The molecule has 3 nitrogen and oxygen atoms in total. The number of rotatable bonds is 3. The van der Waals surface area contributed by atoms with Crippen molar-refractivity contribution in [2.75, 3.05) is 0 Å². The van der Waals surface area contributed by atoms with Crippen LogP contribution in [-0.4, -0.2) is 16.9 Å². The summed E-state index contributed by atoms with van der Waals surface area (Å²) in [5, 5.41) is 9.33. The number of fused-ring (bicyclic) bond motifs is 1. The molecule has 4 aliphatic carbocycles. The van der Waals surface area contributed by atoms with Crippen molar-refractivity contribution < 1.29 is 14.7 Å². The molecule has 0 amide bonds. The van der Waals surface area contributed by atoms with E-state index in [4.69, 9.17) is 0 Å². The number of hydrogen-bond donors (Lipinski definition) is 1. The summed E-state index contributed by atoms with van der Waals surface area (Å²) < 4.78 is 0. The molecule has 0 aromatic carbocycles. The van der Waals surface area contributed by atoms with Crippen LogP contribution in [0.15, 0.2) is 12.2 Å². The zero-order valence-electron chi connectivity index (χ0n) is 9.30. The molecule has 0 spiro atoms. The molecule has 1 N–H and O–H groups in total. The first-order valence-corrected chi connectivity index (χ1v) is 6.09. The Morgan fingerprint density at radius 3 is 2.25 bits per heavy atom. The van der Waals surface area contributed by atoms with Gasteiger partial charge in [-0.1, -0.05) is 19.1 Å². The van der Waals surface area contributed by atoms with E-state index in [2.05, 4.69) is 12.2 Å². The predicted octanol–water partition coefficient (Wildman–Crippen LogP) is 1.73. The first-order valence-electron chi connectivity index (χ1n) is 6.09. The third kappa shape index (κ3) is 1.14. The summed E-state index contributed by atoms with van der Waals surface area (Å²) in [4.78, 5) is 23.3. The fraction of sp³-hybridized carbons (Fsp3) is 0.692. The van der Waals surface area contributed by atoms with E-state index in [1.54, 1.807) is 0 Å². The standard InChI is InChI=1S/C13H16O3/c1-2-10(14)11-6-3-4-7(9-5-8(6)9)12(11)13(15)16/h3-4,6-9,11-12H,2,5H2,1H3,(H,15,16)/t6-,7+,8+,9-,11+,12+/m1/s1. The highest BCUT2D eigenvalue weighted by Gasteiger charge is 2.62. The van der Waals surface area contributed by atoms with Gasteiger partial charge in [0.25, 0.3) is 0 Å². The lowest BCUT2D eigenvalue weighted by Gasteiger charge is -2.41. The highest BCUT2D eigenvalue weighted by molar-refractivity contribution is 5.87. The van der Waals surface area contributed by atoms with E-state index < -0.39 is 11.9 Å². The highest BCUT2D eigenvalue weighted by Crippen LogP contribution is 2.63. The lowest BCUT2D eigenvalue weighted by atomic mass is 9.61. The summed E-state index contributed by atoms with van der Waals surface area (Å²) in [5.41, 5.74) is 0. The number of Topliss-reactive ketones (excluding diaryl/α,β-unsaturated/α-hetero) is 1. The van der Waals surface area contributed by atoms with Crippen LogP contribution in [0, 0.1) is 35.5 Å². The molecule has 4 aliphatic rings. The number of allylic oxidation sites excluding steroid dienone is 2. The minimum Gasteiger partial charge on any atom is -0.481 e. The molecule has 2 bridgehead atoms. The quantitative estimate of drug-likeness (QED) is 0.737. The lowest BCUT2D eigenvalue weighted by Crippen LogP contribution is -2.46. The monoisotopic (exact) mass is 220 g/mol. The van der Waals surface area contributed by atoms with Crippen molar-refractivity contribution >= 4 is 11.8 Å². The van der Waals surface area contributed by atoms with Crippen molar-refractivity contribution in [2.24, 2.45) is 35.5 Å². The average Bonchev–Trinajstić information content (AvgIpc) is 3.08. The van der Waals surface area contributed by atoms with Crippen LogP contribution in [0.4, 0.5) is 0 Å². The normalized spacial score (nSPS) is 47.6. The number of carbonyl (C=O) groups is 2. The number of carboxylic acids is 1. The second-order valence-electron chi connectivity index (χ2n) is 5.31. The van der Waals surface area contributed by atoms with Crippen LogP contribution in [0.25, 0.3) is 0 Å². The van der Waals surface area contributed by atoms with Crippen LogP contribution in [-0.2, 0) is 9.59 Å². The van der Waals surface area contributed by atoms with Crippen molar-refractivity contribution in [3.05, 3.63) is 12.2 Å². The van der Waals surface area contributed by atoms with Crippen molar-refractivity contribution in [2.45, 2.75) is 19.8 Å². The molecule has 6 atom stereocenters. The van der Waals surface area contributed by atoms with Gasteiger partial charge in [-0.3, -0.25) is 9.59 Å². The summed E-state index contributed by atoms with van der Waals surface area (Å²) in [6.45, 7) is 1.83. The van der Waals surface area contributed by atoms with Crippen LogP contribution in [0.3, 0.4) is 0 Å². The SMILES string of the molecule is CCC(=O)[C@@H]1[C@@H]2C=C[C@@H]([C@H]3C[C@@H]23)[C@@H]1C(=O)O. The number of ketones is 1. The molecule has 4 rings (SSSR count). The smallest absolute Gasteiger partial charge is 0.307 e. The first-order chi connectivity index (χ1) is 7.65. The molecule has 16 heavy (non-hydrogen) atoms. The Morgan fingerprint density at radius 2 is 1.75 bits per heavy atom. The minimum absolute atomic E-state index is 0.119. The summed E-state index contributed by atoms with van der Waals surface area (Å²) in [5.74, 6) is 0.140. The Morgan fingerprint density at radius 1 is 1.19 bits per heavy atom. The molecular weight excluding hydrogens is 204 g/mol. The Labute approximate surface area is 94.5 Å². The van der Waals surface area contributed by atoms with E-state index in [9.17, 15) is 14.7 Å². The van der Waals surface area contributed by atoms with Crippen molar-refractivity contribution in [3.63, 3.8) is 0 Å². The molecule has 86 valence electrons. The number of carboxylic acid groups (broad SMARTS) is 1. The van der Waals surface area contributed by atoms with Crippen LogP contribution < -0.4 is 0 Å². The summed E-state index contributed by atoms with van der Waals surface area (Å²) in [7, 11) is 0. The maximum absolute atomic E-state index is 11.9. The van der Waals surface area contributed by atoms with E-state index in [0.29, 0.717) is 18.3 Å². The Balaban J connectivity index is 1.98. The van der Waals surface area contributed by atoms with Gasteiger partial charge in [-0.25, -0.2) is 0 Å². The van der Waals surface area contributed by atoms with Gasteiger partial charge in [-0.2, -0.15) is 0 Å². The maximum Gasteiger partial charge on any atom is 0.307 e. The van der Waals surface area contributed by atoms with Crippen LogP contribution in [0.1, 0.15) is 19.8 Å². The Hall–Kier alpha value is -1.12. The molecule has 2 saturated carbocycles. The number of carbonyl (C=O) groups excluding carboxylic acids is 1. The molecule has 0 radical (unpaired) electrons. The van der Waals surface area contributed by atoms with Gasteiger partial charge in [0.1, 0.15) is 5.78 Å². The second kappa shape index (κ2) is 3.19. The topological polar surface area (TPSA) is 54.4 Å². The highest BCUT2D eigenvalue weighted by atomic mass is 16.4. The van der Waals surface area contributed by atoms with Crippen LogP contribution in [0.2, 0.25) is 0 Å². The first kappa shape index (κ1) is 10.1. The molecule has 0 unspecified atom stereocenters. The fourth-order valence-electron chi connectivity index (χ4n) is 3.88. The Kier molecular flexibility index (Phi) is 2.00. The molecule has 3 heteroatoms. The molecule has 0 aromatic rings. The largest absolute Gasteiger partial charge is 0.481 e. The van der Waals surface area contributed by atoms with E-state index in [1.165, 1.54) is 0 Å². The van der Waals surface area contributed by atoms with Gasteiger partial charge in [-0.15, -0.1) is 0 Å². The molecule has 0 aromatic heterocycles. The number of hydrogen-bond acceptors (Lipinski definition) is 2. The van der Waals surface area contributed by atoms with Crippen LogP contribution >= 0.6 is 0 Å². The fourth-order valence-corrected chi connectivity index (χ4v) is 3.88. The summed E-state index contributed by atoms with van der Waals surface area (Å²) in [6.07, 6.45) is 5.75. The van der Waals surface area contributed by atoms with Crippen LogP contribution in [0.5, 0.6) is 0 Å².